The molecule has 1 heterocycles. The molecular formula is C14H15F3N2OS. The van der Waals surface area contributed by atoms with Gasteiger partial charge in [0.05, 0.1) is 11.7 Å². The molecule has 1 N–H and O–H groups in total. The molecule has 0 aliphatic rings. The maximum Gasteiger partial charge on any atom is 0.573 e. The lowest BCUT2D eigenvalue weighted by molar-refractivity contribution is -0.274. The minimum atomic E-state index is -4.69. The Morgan fingerprint density at radius 3 is 2.52 bits per heavy atom. The predicted molar refractivity (Wildman–Crippen MR) is 75.6 cm³/mol. The molecule has 0 fully saturated rings. The average molecular weight is 316 g/mol. The standard InChI is InChI=1S/C14H15F3N2OS/c1-8-9(2)21-13(19-8)12(18-3)10-5-4-6-11(7-10)20-14(15,16)17/h4-7,12,18H,1-3H3. The summed E-state index contributed by atoms with van der Waals surface area (Å²) in [7, 11) is 1.74. The molecule has 1 atom stereocenters. The van der Waals surface area contributed by atoms with Crippen molar-refractivity contribution in [3.05, 3.63) is 45.4 Å². The summed E-state index contributed by atoms with van der Waals surface area (Å²) in [6, 6.07) is 5.67. The van der Waals surface area contributed by atoms with Gasteiger partial charge >= 0.3 is 6.36 Å². The predicted octanol–water partition coefficient (Wildman–Crippen LogP) is 3.97. The Balaban J connectivity index is 2.32. The van der Waals surface area contributed by atoms with E-state index < -0.39 is 6.36 Å². The van der Waals surface area contributed by atoms with Gasteiger partial charge in [-0.3, -0.25) is 0 Å². The number of benzene rings is 1. The Labute approximate surface area is 124 Å². The number of rotatable bonds is 4. The van der Waals surface area contributed by atoms with Crippen molar-refractivity contribution in [3.63, 3.8) is 0 Å². The largest absolute Gasteiger partial charge is 0.573 e. The highest BCUT2D eigenvalue weighted by Gasteiger charge is 2.31. The van der Waals surface area contributed by atoms with Crippen molar-refractivity contribution in [2.75, 3.05) is 7.05 Å². The number of halogens is 3. The number of alkyl halides is 3. The van der Waals surface area contributed by atoms with Gasteiger partial charge in [0.15, 0.2) is 0 Å². The smallest absolute Gasteiger partial charge is 0.406 e. The van der Waals surface area contributed by atoms with Crippen LogP contribution in [0.4, 0.5) is 13.2 Å². The molecule has 2 aromatic rings. The molecule has 0 amide bonds. The van der Waals surface area contributed by atoms with Crippen LogP contribution >= 0.6 is 11.3 Å². The lowest BCUT2D eigenvalue weighted by atomic mass is 10.1. The minimum Gasteiger partial charge on any atom is -0.406 e. The van der Waals surface area contributed by atoms with Gasteiger partial charge in [0.25, 0.3) is 0 Å². The fourth-order valence-electron chi connectivity index (χ4n) is 1.94. The second kappa shape index (κ2) is 6.03. The highest BCUT2D eigenvalue weighted by atomic mass is 32.1. The zero-order valence-corrected chi connectivity index (χ0v) is 12.6. The number of hydrogen-bond donors (Lipinski definition) is 1. The van der Waals surface area contributed by atoms with E-state index in [0.717, 1.165) is 15.6 Å². The number of hydrogen-bond acceptors (Lipinski definition) is 4. The molecule has 0 aliphatic heterocycles. The molecule has 0 saturated carbocycles. The molecule has 0 saturated heterocycles. The summed E-state index contributed by atoms with van der Waals surface area (Å²) in [5.41, 5.74) is 1.60. The first-order chi connectivity index (χ1) is 9.80. The molecule has 3 nitrogen and oxygen atoms in total. The first-order valence-electron chi connectivity index (χ1n) is 6.27. The summed E-state index contributed by atoms with van der Waals surface area (Å²) in [6.07, 6.45) is -4.69. The molecule has 0 bridgehead atoms. The molecule has 1 unspecified atom stereocenters. The molecule has 2 rings (SSSR count). The molecule has 21 heavy (non-hydrogen) atoms. The van der Waals surface area contributed by atoms with Crippen molar-refractivity contribution in [2.45, 2.75) is 26.3 Å². The summed E-state index contributed by atoms with van der Waals surface area (Å²) in [4.78, 5) is 5.55. The highest BCUT2D eigenvalue weighted by molar-refractivity contribution is 7.11. The Kier molecular flexibility index (Phi) is 4.53. The van der Waals surface area contributed by atoms with Gasteiger partial charge in [-0.15, -0.1) is 24.5 Å². The summed E-state index contributed by atoms with van der Waals surface area (Å²) >= 11 is 1.52. The van der Waals surface area contributed by atoms with Gasteiger partial charge in [-0.25, -0.2) is 4.98 Å². The average Bonchev–Trinajstić information content (AvgIpc) is 2.68. The Morgan fingerprint density at radius 2 is 2.00 bits per heavy atom. The summed E-state index contributed by atoms with van der Waals surface area (Å²) < 4.78 is 40.8. The number of aryl methyl sites for hydroxylation is 2. The van der Waals surface area contributed by atoms with Crippen molar-refractivity contribution in [1.82, 2.24) is 10.3 Å². The number of ether oxygens (including phenoxy) is 1. The quantitative estimate of drug-likeness (QED) is 0.927. The van der Waals surface area contributed by atoms with Gasteiger partial charge in [-0.1, -0.05) is 12.1 Å². The van der Waals surface area contributed by atoms with Crippen LogP contribution in [0, 0.1) is 13.8 Å². The molecule has 1 aromatic heterocycles. The third-order valence-corrected chi connectivity index (χ3v) is 4.14. The summed E-state index contributed by atoms with van der Waals surface area (Å²) in [6.45, 7) is 3.87. The molecule has 114 valence electrons. The molecule has 0 radical (unpaired) electrons. The van der Waals surface area contributed by atoms with Crippen LogP contribution in [0.5, 0.6) is 5.75 Å². The molecule has 1 aromatic carbocycles. The lowest BCUT2D eigenvalue weighted by Crippen LogP contribution is -2.19. The first-order valence-corrected chi connectivity index (χ1v) is 7.08. The minimum absolute atomic E-state index is 0.231. The van der Waals surface area contributed by atoms with E-state index >= 15 is 0 Å². The number of nitrogens with one attached hydrogen (secondary N) is 1. The molecule has 0 aliphatic carbocycles. The highest BCUT2D eigenvalue weighted by Crippen LogP contribution is 2.31. The lowest BCUT2D eigenvalue weighted by Gasteiger charge is -2.16. The van der Waals surface area contributed by atoms with Gasteiger partial charge in [-0.2, -0.15) is 0 Å². The Morgan fingerprint density at radius 1 is 1.29 bits per heavy atom. The van der Waals surface area contributed by atoms with E-state index in [4.69, 9.17) is 0 Å². The SMILES string of the molecule is CNC(c1cccc(OC(F)(F)F)c1)c1nc(C)c(C)s1. The normalized spacial score (nSPS) is 13.2. The van der Waals surface area contributed by atoms with Gasteiger partial charge in [0.1, 0.15) is 10.8 Å². The maximum atomic E-state index is 12.3. The fourth-order valence-corrected chi connectivity index (χ4v) is 3.01. The van der Waals surface area contributed by atoms with E-state index in [1.807, 2.05) is 13.8 Å². The topological polar surface area (TPSA) is 34.1 Å². The van der Waals surface area contributed by atoms with Crippen LogP contribution in [0.25, 0.3) is 0 Å². The second-order valence-electron chi connectivity index (χ2n) is 4.54. The number of aromatic nitrogens is 1. The van der Waals surface area contributed by atoms with Crippen molar-refractivity contribution in [1.29, 1.82) is 0 Å². The number of thiazole rings is 1. The Hall–Kier alpha value is -1.60. The van der Waals surface area contributed by atoms with Crippen LogP contribution in [0.1, 0.15) is 27.2 Å². The second-order valence-corrected chi connectivity index (χ2v) is 5.77. The summed E-state index contributed by atoms with van der Waals surface area (Å²) in [5.74, 6) is -0.231. The van der Waals surface area contributed by atoms with Crippen molar-refractivity contribution < 1.29 is 17.9 Å². The van der Waals surface area contributed by atoms with Gasteiger partial charge in [0.2, 0.25) is 0 Å². The summed E-state index contributed by atoms with van der Waals surface area (Å²) in [5, 5.41) is 3.89. The monoisotopic (exact) mass is 316 g/mol. The number of nitrogens with zero attached hydrogens (tertiary/aromatic N) is 1. The van der Waals surface area contributed by atoms with E-state index in [-0.39, 0.29) is 11.8 Å². The van der Waals surface area contributed by atoms with Gasteiger partial charge < -0.3 is 10.1 Å². The Bertz CT molecular complexity index is 605. The van der Waals surface area contributed by atoms with E-state index in [1.165, 1.54) is 29.5 Å². The molecule has 7 heteroatoms. The van der Waals surface area contributed by atoms with Crippen molar-refractivity contribution in [3.8, 4) is 5.75 Å². The van der Waals surface area contributed by atoms with Crippen molar-refractivity contribution in [2.24, 2.45) is 0 Å². The zero-order valence-electron chi connectivity index (χ0n) is 11.8. The first kappa shape index (κ1) is 15.8. The van der Waals surface area contributed by atoms with E-state index in [0.29, 0.717) is 5.56 Å². The van der Waals surface area contributed by atoms with Crippen LogP contribution in [0.3, 0.4) is 0 Å². The maximum absolute atomic E-state index is 12.3. The van der Waals surface area contributed by atoms with Crippen LogP contribution in [-0.2, 0) is 0 Å². The van der Waals surface area contributed by atoms with E-state index in [1.54, 1.807) is 13.1 Å². The van der Waals surface area contributed by atoms with Crippen molar-refractivity contribution >= 4 is 11.3 Å². The fraction of sp³-hybridized carbons (Fsp3) is 0.357. The van der Waals surface area contributed by atoms with Crippen LogP contribution in [-0.4, -0.2) is 18.4 Å². The third-order valence-electron chi connectivity index (χ3n) is 3.01. The zero-order chi connectivity index (χ0) is 15.6. The van der Waals surface area contributed by atoms with E-state index in [2.05, 4.69) is 15.0 Å². The van der Waals surface area contributed by atoms with Crippen LogP contribution in [0.2, 0.25) is 0 Å². The third kappa shape index (κ3) is 3.95. The van der Waals surface area contributed by atoms with Gasteiger partial charge in [-0.05, 0) is 38.6 Å². The van der Waals surface area contributed by atoms with E-state index in [9.17, 15) is 13.2 Å². The van der Waals surface area contributed by atoms with Crippen LogP contribution in [0.15, 0.2) is 24.3 Å². The van der Waals surface area contributed by atoms with Crippen LogP contribution < -0.4 is 10.1 Å². The molecular weight excluding hydrogens is 301 g/mol. The van der Waals surface area contributed by atoms with Gasteiger partial charge in [0, 0.05) is 4.88 Å². The molecule has 0 spiro atoms.